The highest BCUT2D eigenvalue weighted by Gasteiger charge is 2.06. The van der Waals surface area contributed by atoms with E-state index in [2.05, 4.69) is 20.8 Å². The van der Waals surface area contributed by atoms with Crippen molar-refractivity contribution in [2.24, 2.45) is 0 Å². The van der Waals surface area contributed by atoms with Crippen molar-refractivity contribution in [3.8, 4) is 0 Å². The van der Waals surface area contributed by atoms with Crippen LogP contribution in [-0.2, 0) is 9.78 Å². The molecule has 0 bridgehead atoms. The SMILES string of the molecule is CCCOOC(CCC)CCC. The van der Waals surface area contributed by atoms with Gasteiger partial charge in [0, 0.05) is 0 Å². The molecule has 0 amide bonds. The molecular formula is C10H22O2. The Morgan fingerprint density at radius 1 is 0.917 bits per heavy atom. The quantitative estimate of drug-likeness (QED) is 0.319. The van der Waals surface area contributed by atoms with Crippen LogP contribution < -0.4 is 0 Å². The van der Waals surface area contributed by atoms with E-state index in [0.717, 1.165) is 19.3 Å². The molecule has 0 aliphatic rings. The molecule has 0 unspecified atom stereocenters. The van der Waals surface area contributed by atoms with Crippen molar-refractivity contribution in [3.05, 3.63) is 0 Å². The molecule has 0 fully saturated rings. The van der Waals surface area contributed by atoms with Gasteiger partial charge in [-0.3, -0.25) is 0 Å². The summed E-state index contributed by atoms with van der Waals surface area (Å²) in [6.45, 7) is 7.14. The van der Waals surface area contributed by atoms with E-state index in [-0.39, 0.29) is 0 Å². The summed E-state index contributed by atoms with van der Waals surface area (Å²) in [7, 11) is 0. The second-order valence-corrected chi connectivity index (χ2v) is 3.12. The average molecular weight is 174 g/mol. The highest BCUT2D eigenvalue weighted by molar-refractivity contribution is 4.53. The van der Waals surface area contributed by atoms with Crippen molar-refractivity contribution >= 4 is 0 Å². The lowest BCUT2D eigenvalue weighted by atomic mass is 10.1. The van der Waals surface area contributed by atoms with Crippen LogP contribution in [0.25, 0.3) is 0 Å². The standard InChI is InChI=1S/C10H22O2/c1-4-7-10(8-5-2)12-11-9-6-3/h10H,4-9H2,1-3H3. The van der Waals surface area contributed by atoms with E-state index < -0.39 is 0 Å². The fourth-order valence-electron chi connectivity index (χ4n) is 1.11. The summed E-state index contributed by atoms with van der Waals surface area (Å²) in [6.07, 6.45) is 5.88. The van der Waals surface area contributed by atoms with Gasteiger partial charge in [-0.15, -0.1) is 0 Å². The molecule has 0 aromatic rings. The summed E-state index contributed by atoms with van der Waals surface area (Å²) in [5.74, 6) is 0. The Balaban J connectivity index is 3.34. The Hall–Kier alpha value is -0.0800. The largest absolute Gasteiger partial charge is 0.236 e. The molecule has 0 atom stereocenters. The predicted molar refractivity (Wildman–Crippen MR) is 50.9 cm³/mol. The first-order chi connectivity index (χ1) is 5.85. The summed E-state index contributed by atoms with van der Waals surface area (Å²) in [6, 6.07) is 0. The molecule has 0 saturated carbocycles. The minimum atomic E-state index is 0.312. The first kappa shape index (κ1) is 11.9. The molecule has 0 aromatic carbocycles. The van der Waals surface area contributed by atoms with Gasteiger partial charge >= 0.3 is 0 Å². The Bertz CT molecular complexity index is 77.9. The summed E-state index contributed by atoms with van der Waals surface area (Å²) in [5.41, 5.74) is 0. The van der Waals surface area contributed by atoms with Crippen molar-refractivity contribution in [1.82, 2.24) is 0 Å². The molecule has 0 aromatic heterocycles. The third-order valence-electron chi connectivity index (χ3n) is 1.71. The predicted octanol–water partition coefficient (Wildman–Crippen LogP) is 3.31. The molecule has 0 rings (SSSR count). The van der Waals surface area contributed by atoms with Crippen LogP contribution in [0, 0.1) is 0 Å². The minimum Gasteiger partial charge on any atom is -0.236 e. The first-order valence-corrected chi connectivity index (χ1v) is 5.13. The maximum absolute atomic E-state index is 5.26. The molecule has 12 heavy (non-hydrogen) atoms. The van der Waals surface area contributed by atoms with Gasteiger partial charge in [-0.1, -0.05) is 33.6 Å². The van der Waals surface area contributed by atoms with E-state index in [0.29, 0.717) is 12.7 Å². The van der Waals surface area contributed by atoms with Crippen LogP contribution >= 0.6 is 0 Å². The van der Waals surface area contributed by atoms with Crippen LogP contribution in [0.4, 0.5) is 0 Å². The molecule has 74 valence electrons. The van der Waals surface area contributed by atoms with Crippen molar-refractivity contribution in [2.45, 2.75) is 59.0 Å². The second-order valence-electron chi connectivity index (χ2n) is 3.12. The van der Waals surface area contributed by atoms with Crippen LogP contribution in [0.1, 0.15) is 52.9 Å². The van der Waals surface area contributed by atoms with E-state index in [1.165, 1.54) is 12.8 Å². The highest BCUT2D eigenvalue weighted by Crippen LogP contribution is 2.09. The maximum atomic E-state index is 5.26. The summed E-state index contributed by atoms with van der Waals surface area (Å²) in [4.78, 5) is 10.3. The van der Waals surface area contributed by atoms with E-state index in [9.17, 15) is 0 Å². The third kappa shape index (κ3) is 6.62. The van der Waals surface area contributed by atoms with E-state index in [1.807, 2.05) is 0 Å². The highest BCUT2D eigenvalue weighted by atomic mass is 17.2. The Labute approximate surface area is 76.2 Å². The monoisotopic (exact) mass is 174 g/mol. The molecule has 0 spiro atoms. The molecule has 2 nitrogen and oxygen atoms in total. The lowest BCUT2D eigenvalue weighted by Gasteiger charge is -2.14. The molecule has 0 aliphatic heterocycles. The van der Waals surface area contributed by atoms with Crippen LogP contribution in [0.2, 0.25) is 0 Å². The lowest BCUT2D eigenvalue weighted by molar-refractivity contribution is -0.326. The van der Waals surface area contributed by atoms with E-state index >= 15 is 0 Å². The van der Waals surface area contributed by atoms with Crippen LogP contribution in [0.15, 0.2) is 0 Å². The first-order valence-electron chi connectivity index (χ1n) is 5.13. The van der Waals surface area contributed by atoms with Crippen molar-refractivity contribution in [3.63, 3.8) is 0 Å². The minimum absolute atomic E-state index is 0.312. The molecule has 2 heteroatoms. The summed E-state index contributed by atoms with van der Waals surface area (Å²) in [5, 5.41) is 0. The van der Waals surface area contributed by atoms with Gasteiger partial charge in [0.1, 0.15) is 0 Å². The second kappa shape index (κ2) is 9.01. The maximum Gasteiger partial charge on any atom is 0.0929 e. The molecular weight excluding hydrogens is 152 g/mol. The van der Waals surface area contributed by atoms with E-state index in [4.69, 9.17) is 9.78 Å². The van der Waals surface area contributed by atoms with Crippen molar-refractivity contribution < 1.29 is 9.78 Å². The Morgan fingerprint density at radius 3 is 1.92 bits per heavy atom. The van der Waals surface area contributed by atoms with Gasteiger partial charge in [-0.25, -0.2) is 9.78 Å². The van der Waals surface area contributed by atoms with Crippen molar-refractivity contribution in [1.29, 1.82) is 0 Å². The number of hydrogen-bond donors (Lipinski definition) is 0. The van der Waals surface area contributed by atoms with Crippen LogP contribution in [-0.4, -0.2) is 12.7 Å². The third-order valence-corrected chi connectivity index (χ3v) is 1.71. The van der Waals surface area contributed by atoms with Gasteiger partial charge in [0.05, 0.1) is 12.7 Å². The van der Waals surface area contributed by atoms with Gasteiger partial charge in [-0.05, 0) is 19.3 Å². The van der Waals surface area contributed by atoms with Crippen LogP contribution in [0.5, 0.6) is 0 Å². The van der Waals surface area contributed by atoms with Crippen LogP contribution in [0.3, 0.4) is 0 Å². The number of hydrogen-bond acceptors (Lipinski definition) is 2. The number of rotatable bonds is 8. The van der Waals surface area contributed by atoms with E-state index in [1.54, 1.807) is 0 Å². The molecule has 0 aliphatic carbocycles. The molecule has 0 N–H and O–H groups in total. The molecule has 0 heterocycles. The van der Waals surface area contributed by atoms with Gasteiger partial charge in [-0.2, -0.15) is 0 Å². The fraction of sp³-hybridized carbons (Fsp3) is 1.00. The van der Waals surface area contributed by atoms with Crippen molar-refractivity contribution in [2.75, 3.05) is 6.61 Å². The van der Waals surface area contributed by atoms with Gasteiger partial charge < -0.3 is 0 Å². The zero-order valence-electron chi connectivity index (χ0n) is 8.64. The zero-order valence-corrected chi connectivity index (χ0v) is 8.64. The van der Waals surface area contributed by atoms with Gasteiger partial charge in [0.2, 0.25) is 0 Å². The Morgan fingerprint density at radius 2 is 1.50 bits per heavy atom. The normalized spacial score (nSPS) is 11.0. The summed E-state index contributed by atoms with van der Waals surface area (Å²) < 4.78 is 0. The zero-order chi connectivity index (χ0) is 9.23. The Kier molecular flexibility index (Phi) is 8.95. The summed E-state index contributed by atoms with van der Waals surface area (Å²) >= 11 is 0. The topological polar surface area (TPSA) is 18.5 Å². The fourth-order valence-corrected chi connectivity index (χ4v) is 1.11. The molecule has 0 saturated heterocycles. The van der Waals surface area contributed by atoms with Gasteiger partial charge in [0.15, 0.2) is 0 Å². The lowest BCUT2D eigenvalue weighted by Crippen LogP contribution is -2.13. The average Bonchev–Trinajstić information content (AvgIpc) is 2.06. The smallest absolute Gasteiger partial charge is 0.0929 e. The molecule has 0 radical (unpaired) electrons. The van der Waals surface area contributed by atoms with Gasteiger partial charge in [0.25, 0.3) is 0 Å².